The molecule has 0 aliphatic carbocycles. The highest BCUT2D eigenvalue weighted by atomic mass is 19.1. The Bertz CT molecular complexity index is 890. The summed E-state index contributed by atoms with van der Waals surface area (Å²) in [6, 6.07) is 5.55. The molecule has 1 aliphatic rings. The van der Waals surface area contributed by atoms with Crippen LogP contribution in [-0.2, 0) is 4.74 Å². The summed E-state index contributed by atoms with van der Waals surface area (Å²) in [7, 11) is 0. The van der Waals surface area contributed by atoms with E-state index in [1.807, 2.05) is 0 Å². The summed E-state index contributed by atoms with van der Waals surface area (Å²) in [5, 5.41) is 33.0. The van der Waals surface area contributed by atoms with E-state index in [9.17, 15) is 19.4 Å². The number of aliphatic hydroxyl groups is 3. The highest BCUT2D eigenvalue weighted by Gasteiger charge is 2.45. The van der Waals surface area contributed by atoms with Gasteiger partial charge in [0.05, 0.1) is 6.61 Å². The van der Waals surface area contributed by atoms with E-state index in [1.165, 1.54) is 18.2 Å². The number of hydrogen-bond donors (Lipinski definition) is 4. The standard InChI is InChI=1S/C16H15FN4O5/c17-9-3-1-2-8(6-9)4-5-11-19-15(14(18)25)21(20-11)16-13(24)12(23)10(7-22)26-16/h1-3,6,10,12-13,16,22-24H,7H2,(H2,18,25)/t10-,12-,13-,16-/m1/s1. The Morgan fingerprint density at radius 3 is 2.73 bits per heavy atom. The molecule has 0 saturated carbocycles. The molecule has 3 rings (SSSR count). The first-order valence-corrected chi connectivity index (χ1v) is 7.57. The Balaban J connectivity index is 1.94. The molecule has 2 aromatic rings. The number of carbonyl (C=O) groups is 1. The number of aromatic nitrogens is 3. The molecule has 4 atom stereocenters. The average Bonchev–Trinajstić information content (AvgIpc) is 3.15. The average molecular weight is 362 g/mol. The van der Waals surface area contributed by atoms with Crippen molar-refractivity contribution in [3.05, 3.63) is 47.3 Å². The van der Waals surface area contributed by atoms with Gasteiger partial charge in [0.15, 0.2) is 6.23 Å². The highest BCUT2D eigenvalue weighted by Crippen LogP contribution is 2.29. The van der Waals surface area contributed by atoms with Crippen molar-refractivity contribution in [3.8, 4) is 11.8 Å². The minimum atomic E-state index is -1.46. The summed E-state index contributed by atoms with van der Waals surface area (Å²) < 4.78 is 19.4. The van der Waals surface area contributed by atoms with Crippen LogP contribution in [0.1, 0.15) is 28.2 Å². The van der Waals surface area contributed by atoms with Crippen molar-refractivity contribution < 1.29 is 29.2 Å². The summed E-state index contributed by atoms with van der Waals surface area (Å²) in [5.41, 5.74) is 5.63. The molecule has 1 aliphatic heterocycles. The minimum Gasteiger partial charge on any atom is -0.394 e. The Labute approximate surface area is 146 Å². The summed E-state index contributed by atoms with van der Waals surface area (Å²) in [6.45, 7) is -0.540. The summed E-state index contributed by atoms with van der Waals surface area (Å²) in [5.74, 6) is 3.34. The molecule has 0 spiro atoms. The van der Waals surface area contributed by atoms with E-state index in [0.29, 0.717) is 5.56 Å². The first kappa shape index (κ1) is 18.0. The zero-order valence-electron chi connectivity index (χ0n) is 13.3. The van der Waals surface area contributed by atoms with E-state index in [-0.39, 0.29) is 11.6 Å². The maximum atomic E-state index is 13.2. The van der Waals surface area contributed by atoms with Crippen molar-refractivity contribution >= 4 is 5.91 Å². The topological polar surface area (TPSA) is 144 Å². The smallest absolute Gasteiger partial charge is 0.286 e. The van der Waals surface area contributed by atoms with E-state index in [1.54, 1.807) is 6.07 Å². The number of hydrogen-bond acceptors (Lipinski definition) is 7. The van der Waals surface area contributed by atoms with Crippen molar-refractivity contribution in [1.82, 2.24) is 14.8 Å². The third kappa shape index (κ3) is 3.42. The number of nitrogens with zero attached hydrogens (tertiary/aromatic N) is 3. The number of rotatable bonds is 3. The molecular formula is C16H15FN4O5. The fourth-order valence-electron chi connectivity index (χ4n) is 2.50. The maximum absolute atomic E-state index is 13.2. The van der Waals surface area contributed by atoms with Crippen LogP contribution in [0.25, 0.3) is 0 Å². The van der Waals surface area contributed by atoms with E-state index in [0.717, 1.165) is 4.68 Å². The Kier molecular flexibility index (Phi) is 4.97. The molecule has 5 N–H and O–H groups in total. The fraction of sp³-hybridized carbons (Fsp3) is 0.312. The molecule has 2 heterocycles. The van der Waals surface area contributed by atoms with Crippen molar-refractivity contribution in [2.75, 3.05) is 6.61 Å². The predicted molar refractivity (Wildman–Crippen MR) is 83.9 cm³/mol. The largest absolute Gasteiger partial charge is 0.394 e. The number of benzene rings is 1. The zero-order valence-corrected chi connectivity index (χ0v) is 13.3. The molecule has 1 saturated heterocycles. The molecule has 1 amide bonds. The van der Waals surface area contributed by atoms with Crippen molar-refractivity contribution in [1.29, 1.82) is 0 Å². The normalized spacial score (nSPS) is 24.9. The Morgan fingerprint density at radius 2 is 2.12 bits per heavy atom. The van der Waals surface area contributed by atoms with Crippen LogP contribution in [-0.4, -0.2) is 60.9 Å². The van der Waals surface area contributed by atoms with Gasteiger partial charge >= 0.3 is 0 Å². The fourth-order valence-corrected chi connectivity index (χ4v) is 2.50. The molecule has 0 unspecified atom stereocenters. The first-order chi connectivity index (χ1) is 12.4. The summed E-state index contributed by atoms with van der Waals surface area (Å²) in [6.07, 6.45) is -5.17. The first-order valence-electron chi connectivity index (χ1n) is 7.57. The molecule has 1 aromatic heterocycles. The van der Waals surface area contributed by atoms with Gasteiger partial charge in [-0.25, -0.2) is 9.07 Å². The van der Waals surface area contributed by atoms with Gasteiger partial charge in [0.25, 0.3) is 5.91 Å². The quantitative estimate of drug-likeness (QED) is 0.488. The van der Waals surface area contributed by atoms with Crippen LogP contribution in [0.15, 0.2) is 24.3 Å². The summed E-state index contributed by atoms with van der Waals surface area (Å²) in [4.78, 5) is 15.5. The number of ether oxygens (including phenoxy) is 1. The van der Waals surface area contributed by atoms with E-state index >= 15 is 0 Å². The molecule has 9 nitrogen and oxygen atoms in total. The lowest BCUT2D eigenvalue weighted by molar-refractivity contribution is -0.0595. The van der Waals surface area contributed by atoms with Crippen molar-refractivity contribution in [2.24, 2.45) is 5.73 Å². The molecular weight excluding hydrogens is 347 g/mol. The van der Waals surface area contributed by atoms with Gasteiger partial charge in [-0.3, -0.25) is 4.79 Å². The van der Waals surface area contributed by atoms with Crippen LogP contribution in [0.4, 0.5) is 4.39 Å². The maximum Gasteiger partial charge on any atom is 0.286 e. The predicted octanol–water partition coefficient (Wildman–Crippen LogP) is -1.47. The van der Waals surface area contributed by atoms with Gasteiger partial charge in [-0.05, 0) is 24.1 Å². The molecule has 26 heavy (non-hydrogen) atoms. The van der Waals surface area contributed by atoms with Crippen LogP contribution in [0, 0.1) is 17.7 Å². The second-order valence-corrected chi connectivity index (χ2v) is 5.56. The SMILES string of the molecule is NC(=O)c1nc(C#Cc2cccc(F)c2)nn1[C@@H]1O[C@H](CO)[C@@H](O)[C@H]1O. The number of carbonyl (C=O) groups excluding carboxylic acids is 1. The van der Waals surface area contributed by atoms with Gasteiger partial charge in [0.1, 0.15) is 24.1 Å². The van der Waals surface area contributed by atoms with Crippen LogP contribution >= 0.6 is 0 Å². The lowest BCUT2D eigenvalue weighted by Crippen LogP contribution is -2.34. The number of primary amides is 1. The minimum absolute atomic E-state index is 0.110. The zero-order chi connectivity index (χ0) is 18.8. The van der Waals surface area contributed by atoms with E-state index in [4.69, 9.17) is 15.6 Å². The van der Waals surface area contributed by atoms with Crippen molar-refractivity contribution in [2.45, 2.75) is 24.5 Å². The Morgan fingerprint density at radius 1 is 1.35 bits per heavy atom. The number of aliphatic hydroxyl groups excluding tert-OH is 3. The van der Waals surface area contributed by atoms with Crippen molar-refractivity contribution in [3.63, 3.8) is 0 Å². The van der Waals surface area contributed by atoms with E-state index < -0.39 is 42.9 Å². The number of halogens is 1. The Hall–Kier alpha value is -2.84. The van der Waals surface area contributed by atoms with E-state index in [2.05, 4.69) is 21.9 Å². The summed E-state index contributed by atoms with van der Waals surface area (Å²) >= 11 is 0. The molecule has 0 bridgehead atoms. The van der Waals surface area contributed by atoms with Gasteiger partial charge in [0.2, 0.25) is 11.6 Å². The second kappa shape index (κ2) is 7.19. The number of amides is 1. The second-order valence-electron chi connectivity index (χ2n) is 5.56. The molecule has 1 aromatic carbocycles. The molecule has 136 valence electrons. The van der Waals surface area contributed by atoms with Crippen LogP contribution in [0.5, 0.6) is 0 Å². The molecule has 0 radical (unpaired) electrons. The van der Waals surface area contributed by atoms with Gasteiger partial charge in [-0.15, -0.1) is 5.10 Å². The van der Waals surface area contributed by atoms with Gasteiger partial charge < -0.3 is 25.8 Å². The van der Waals surface area contributed by atoms with Crippen LogP contribution in [0.2, 0.25) is 0 Å². The monoisotopic (exact) mass is 362 g/mol. The lowest BCUT2D eigenvalue weighted by atomic mass is 10.1. The van der Waals surface area contributed by atoms with Gasteiger partial charge in [-0.1, -0.05) is 12.0 Å². The highest BCUT2D eigenvalue weighted by molar-refractivity contribution is 5.89. The lowest BCUT2D eigenvalue weighted by Gasteiger charge is -2.15. The molecule has 10 heteroatoms. The van der Waals surface area contributed by atoms with Crippen LogP contribution < -0.4 is 5.73 Å². The van der Waals surface area contributed by atoms with Gasteiger partial charge in [0, 0.05) is 5.56 Å². The molecule has 1 fully saturated rings. The van der Waals surface area contributed by atoms with Gasteiger partial charge in [-0.2, -0.15) is 4.98 Å². The number of nitrogens with two attached hydrogens (primary N) is 1. The van der Waals surface area contributed by atoms with Crippen LogP contribution in [0.3, 0.4) is 0 Å². The third-order valence-corrected chi connectivity index (χ3v) is 3.75. The third-order valence-electron chi connectivity index (χ3n) is 3.75.